The van der Waals surface area contributed by atoms with E-state index in [0.717, 1.165) is 23.3 Å². The fraction of sp³-hybridized carbons (Fsp3) is 0.652. The zero-order valence-electron chi connectivity index (χ0n) is 16.9. The van der Waals surface area contributed by atoms with E-state index in [1.54, 1.807) is 0 Å². The molecule has 4 bridgehead atoms. The third-order valence-electron chi connectivity index (χ3n) is 7.58. The normalized spacial score (nSPS) is 34.1. The lowest BCUT2D eigenvalue weighted by Crippen LogP contribution is -2.60. The Kier molecular flexibility index (Phi) is 5.20. The van der Waals surface area contributed by atoms with Crippen molar-refractivity contribution in [1.82, 2.24) is 10.6 Å². The van der Waals surface area contributed by atoms with Crippen LogP contribution in [0.1, 0.15) is 64.4 Å². The fourth-order valence-corrected chi connectivity index (χ4v) is 6.93. The van der Waals surface area contributed by atoms with Gasteiger partial charge in [0.25, 0.3) is 0 Å². The van der Waals surface area contributed by atoms with E-state index in [0.29, 0.717) is 13.0 Å². The summed E-state index contributed by atoms with van der Waals surface area (Å²) in [4.78, 5) is 23.5. The largest absolute Gasteiger partial charge is 0.356 e. The Labute approximate surface area is 172 Å². The lowest BCUT2D eigenvalue weighted by molar-refractivity contribution is -0.127. The molecule has 1 aromatic rings. The number of hydrogen-bond donors (Lipinski definition) is 2. The molecule has 4 saturated carbocycles. The molecule has 0 heterocycles. The van der Waals surface area contributed by atoms with Crippen molar-refractivity contribution < 1.29 is 9.59 Å². The van der Waals surface area contributed by atoms with Crippen LogP contribution in [0.3, 0.4) is 0 Å². The van der Waals surface area contributed by atoms with Crippen LogP contribution in [0.25, 0.3) is 0 Å². The number of nitrogens with one attached hydrogen (secondary N) is 2. The quantitative estimate of drug-likeness (QED) is 0.748. The lowest BCUT2D eigenvalue weighted by atomic mass is 9.41. The van der Waals surface area contributed by atoms with Gasteiger partial charge < -0.3 is 10.6 Å². The molecular weight excluding hydrogens is 372 g/mol. The Hall–Kier alpha value is -1.55. The summed E-state index contributed by atoms with van der Waals surface area (Å²) in [5, 5.41) is 6.78. The number of rotatable bonds is 6. The highest BCUT2D eigenvalue weighted by atomic mass is 35.5. The number of benzene rings is 1. The van der Waals surface area contributed by atoms with Crippen LogP contribution in [-0.2, 0) is 15.0 Å². The summed E-state index contributed by atoms with van der Waals surface area (Å²) >= 11 is 6.14. The van der Waals surface area contributed by atoms with Crippen LogP contribution in [0, 0.1) is 17.3 Å². The zero-order chi connectivity index (χ0) is 19.9. The molecule has 152 valence electrons. The zero-order valence-corrected chi connectivity index (χ0v) is 17.6. The van der Waals surface area contributed by atoms with Gasteiger partial charge in [0, 0.05) is 31.0 Å². The molecule has 1 aromatic carbocycles. The molecule has 3 atom stereocenters. The molecular formula is C23H31ClN2O2. The summed E-state index contributed by atoms with van der Waals surface area (Å²) in [6.45, 7) is 4.08. The fourth-order valence-electron chi connectivity index (χ4n) is 6.80. The van der Waals surface area contributed by atoms with E-state index in [4.69, 9.17) is 11.6 Å². The van der Waals surface area contributed by atoms with Crippen molar-refractivity contribution in [2.24, 2.45) is 17.3 Å². The highest BCUT2D eigenvalue weighted by molar-refractivity contribution is 6.30. The molecule has 0 radical (unpaired) electrons. The maximum Gasteiger partial charge on any atom is 0.221 e. The van der Waals surface area contributed by atoms with Crippen LogP contribution < -0.4 is 10.6 Å². The average molecular weight is 403 g/mol. The maximum atomic E-state index is 12.4. The molecule has 4 aliphatic rings. The van der Waals surface area contributed by atoms with Crippen molar-refractivity contribution in [3.63, 3.8) is 0 Å². The Morgan fingerprint density at radius 2 is 1.79 bits per heavy atom. The van der Waals surface area contributed by atoms with Crippen LogP contribution in [0.15, 0.2) is 24.3 Å². The van der Waals surface area contributed by atoms with Gasteiger partial charge in [-0.1, -0.05) is 23.7 Å². The van der Waals surface area contributed by atoms with Crippen LogP contribution >= 0.6 is 11.6 Å². The highest BCUT2D eigenvalue weighted by Gasteiger charge is 2.59. The summed E-state index contributed by atoms with van der Waals surface area (Å²) in [5.41, 5.74) is 1.86. The lowest BCUT2D eigenvalue weighted by Gasteiger charge is -2.64. The molecule has 4 aliphatic carbocycles. The Bertz CT molecular complexity index is 746. The topological polar surface area (TPSA) is 58.2 Å². The standard InChI is InChI=1S/C23H31ClN2O2/c1-15(26-21(28)7-8-25-16(2)27)22-10-17-9-18(11-22)13-23(12-17,14-22)19-3-5-20(24)6-4-19/h3-6,15,17-18H,7-14H2,1-2H3,(H,25,27)(H,26,28)/t15-,17-,18-,22?,23?/m1/s1. The minimum atomic E-state index is -0.0909. The Balaban J connectivity index is 1.50. The molecule has 0 aliphatic heterocycles. The van der Waals surface area contributed by atoms with Gasteiger partial charge in [-0.25, -0.2) is 0 Å². The van der Waals surface area contributed by atoms with Crippen molar-refractivity contribution >= 4 is 23.4 Å². The number of hydrogen-bond acceptors (Lipinski definition) is 2. The first-order valence-electron chi connectivity index (χ1n) is 10.6. The van der Waals surface area contributed by atoms with Gasteiger partial charge in [-0.3, -0.25) is 9.59 Å². The Morgan fingerprint density at radius 1 is 1.14 bits per heavy atom. The van der Waals surface area contributed by atoms with Crippen LogP contribution in [0.2, 0.25) is 5.02 Å². The van der Waals surface area contributed by atoms with Gasteiger partial charge in [-0.2, -0.15) is 0 Å². The van der Waals surface area contributed by atoms with Gasteiger partial charge in [-0.05, 0) is 85.8 Å². The highest BCUT2D eigenvalue weighted by Crippen LogP contribution is 2.66. The monoisotopic (exact) mass is 402 g/mol. The van der Waals surface area contributed by atoms with Crippen molar-refractivity contribution in [1.29, 1.82) is 0 Å². The molecule has 5 heteroatoms. The second-order valence-corrected chi connectivity index (χ2v) is 10.1. The summed E-state index contributed by atoms with van der Waals surface area (Å²) in [7, 11) is 0. The van der Waals surface area contributed by atoms with Gasteiger partial charge >= 0.3 is 0 Å². The Morgan fingerprint density at radius 3 is 2.39 bits per heavy atom. The minimum absolute atomic E-state index is 0.0394. The van der Waals surface area contributed by atoms with Gasteiger partial charge in [0.15, 0.2) is 0 Å². The number of carbonyl (C=O) groups is 2. The third kappa shape index (κ3) is 3.68. The van der Waals surface area contributed by atoms with Crippen molar-refractivity contribution in [3.8, 4) is 0 Å². The van der Waals surface area contributed by atoms with Crippen molar-refractivity contribution in [3.05, 3.63) is 34.9 Å². The second kappa shape index (κ2) is 7.37. The molecule has 0 spiro atoms. The van der Waals surface area contributed by atoms with E-state index in [9.17, 15) is 9.59 Å². The predicted molar refractivity (Wildman–Crippen MR) is 111 cm³/mol. The summed E-state index contributed by atoms with van der Waals surface area (Å²) in [6.07, 6.45) is 7.85. The van der Waals surface area contributed by atoms with Crippen molar-refractivity contribution in [2.45, 2.75) is 70.3 Å². The molecule has 4 nitrogen and oxygen atoms in total. The number of carbonyl (C=O) groups excluding carboxylic acids is 2. The summed E-state index contributed by atoms with van der Waals surface area (Å²) in [6, 6.07) is 8.65. The molecule has 0 saturated heterocycles. The molecule has 2 amide bonds. The summed E-state index contributed by atoms with van der Waals surface area (Å²) in [5.74, 6) is 1.47. The summed E-state index contributed by atoms with van der Waals surface area (Å²) < 4.78 is 0. The van der Waals surface area contributed by atoms with Crippen LogP contribution in [-0.4, -0.2) is 24.4 Å². The second-order valence-electron chi connectivity index (χ2n) is 9.63. The van der Waals surface area contributed by atoms with Gasteiger partial charge in [-0.15, -0.1) is 0 Å². The molecule has 2 N–H and O–H groups in total. The smallest absolute Gasteiger partial charge is 0.221 e. The van der Waals surface area contributed by atoms with E-state index in [1.807, 2.05) is 12.1 Å². The minimum Gasteiger partial charge on any atom is -0.356 e. The van der Waals surface area contributed by atoms with Crippen LogP contribution in [0.5, 0.6) is 0 Å². The van der Waals surface area contributed by atoms with E-state index in [1.165, 1.54) is 44.6 Å². The SMILES string of the molecule is CC(=O)NCCC(=O)N[C@H](C)C12C[C@H]3C[C@@H](CC(c4ccc(Cl)cc4)(C3)C1)C2. The van der Waals surface area contributed by atoms with Crippen LogP contribution in [0.4, 0.5) is 0 Å². The molecule has 4 fully saturated rings. The number of amides is 2. The number of halogens is 1. The van der Waals surface area contributed by atoms with E-state index >= 15 is 0 Å². The van der Waals surface area contributed by atoms with E-state index in [-0.39, 0.29) is 28.7 Å². The molecule has 5 rings (SSSR count). The third-order valence-corrected chi connectivity index (χ3v) is 7.84. The first-order chi connectivity index (χ1) is 13.3. The van der Waals surface area contributed by atoms with Crippen molar-refractivity contribution in [2.75, 3.05) is 6.54 Å². The van der Waals surface area contributed by atoms with E-state index in [2.05, 4.69) is 29.7 Å². The van der Waals surface area contributed by atoms with E-state index < -0.39 is 0 Å². The predicted octanol–water partition coefficient (Wildman–Crippen LogP) is 4.21. The maximum absolute atomic E-state index is 12.4. The average Bonchev–Trinajstić information content (AvgIpc) is 2.60. The van der Waals surface area contributed by atoms with Gasteiger partial charge in [0.2, 0.25) is 11.8 Å². The van der Waals surface area contributed by atoms with Gasteiger partial charge in [0.05, 0.1) is 0 Å². The molecule has 0 aromatic heterocycles. The van der Waals surface area contributed by atoms with Gasteiger partial charge in [0.1, 0.15) is 0 Å². The first-order valence-corrected chi connectivity index (χ1v) is 11.0. The molecule has 0 unspecified atom stereocenters. The first kappa shape index (κ1) is 19.8. The molecule has 28 heavy (non-hydrogen) atoms.